The van der Waals surface area contributed by atoms with Gasteiger partial charge < -0.3 is 9.53 Å². The Balaban J connectivity index is 3.39. The van der Waals surface area contributed by atoms with E-state index in [-0.39, 0.29) is 5.41 Å². The highest BCUT2D eigenvalue weighted by Gasteiger charge is 2.16. The molecule has 0 bridgehead atoms. The highest BCUT2D eigenvalue weighted by molar-refractivity contribution is 5.49. The molecule has 0 unspecified atom stereocenters. The maximum Gasteiger partial charge on any atom is 0.122 e. The number of ether oxygens (including phenoxy) is 1. The van der Waals surface area contributed by atoms with Crippen LogP contribution in [-0.2, 0) is 9.53 Å². The highest BCUT2D eigenvalue weighted by Crippen LogP contribution is 2.22. The molecule has 0 atom stereocenters. The third-order valence-corrected chi connectivity index (χ3v) is 1.80. The summed E-state index contributed by atoms with van der Waals surface area (Å²) in [5, 5.41) is 0. The number of rotatable bonds is 7. The first-order chi connectivity index (χ1) is 5.62. The van der Waals surface area contributed by atoms with Gasteiger partial charge >= 0.3 is 0 Å². The third kappa shape index (κ3) is 6.35. The van der Waals surface area contributed by atoms with Gasteiger partial charge in [-0.2, -0.15) is 0 Å². The topological polar surface area (TPSA) is 26.3 Å². The maximum absolute atomic E-state index is 9.98. The molecule has 0 heterocycles. The third-order valence-electron chi connectivity index (χ3n) is 1.80. The molecule has 12 heavy (non-hydrogen) atoms. The fourth-order valence-electron chi connectivity index (χ4n) is 1.23. The second-order valence-corrected chi connectivity index (χ2v) is 3.92. The van der Waals surface area contributed by atoms with Crippen LogP contribution in [0.5, 0.6) is 0 Å². The molecule has 2 heteroatoms. The van der Waals surface area contributed by atoms with Gasteiger partial charge in [0.2, 0.25) is 0 Å². The first-order valence-corrected chi connectivity index (χ1v) is 4.64. The standard InChI is InChI=1S/C10H20O2/c1-4-6-10(2,3)9-12-8-5-7-11/h7H,4-6,8-9H2,1-3H3. The van der Waals surface area contributed by atoms with Crippen LogP contribution < -0.4 is 0 Å². The zero-order valence-corrected chi connectivity index (χ0v) is 8.43. The van der Waals surface area contributed by atoms with Gasteiger partial charge in [-0.15, -0.1) is 0 Å². The summed E-state index contributed by atoms with van der Waals surface area (Å²) in [6.07, 6.45) is 3.77. The highest BCUT2D eigenvalue weighted by atomic mass is 16.5. The van der Waals surface area contributed by atoms with Gasteiger partial charge in [-0.25, -0.2) is 0 Å². The molecule has 2 nitrogen and oxygen atoms in total. The van der Waals surface area contributed by atoms with Gasteiger partial charge in [0.1, 0.15) is 6.29 Å². The lowest BCUT2D eigenvalue weighted by Gasteiger charge is -2.23. The lowest BCUT2D eigenvalue weighted by Crippen LogP contribution is -2.19. The Hall–Kier alpha value is -0.370. The normalized spacial score (nSPS) is 11.6. The van der Waals surface area contributed by atoms with E-state index < -0.39 is 0 Å². The molecule has 0 radical (unpaired) electrons. The summed E-state index contributed by atoms with van der Waals surface area (Å²) in [7, 11) is 0. The van der Waals surface area contributed by atoms with E-state index >= 15 is 0 Å². The maximum atomic E-state index is 9.98. The Bertz CT molecular complexity index is 119. The summed E-state index contributed by atoms with van der Waals surface area (Å²) in [5.41, 5.74) is 0.262. The van der Waals surface area contributed by atoms with Crippen LogP contribution in [0.4, 0.5) is 0 Å². The average molecular weight is 172 g/mol. The van der Waals surface area contributed by atoms with Crippen LogP contribution in [0.3, 0.4) is 0 Å². The number of carbonyl (C=O) groups excluding carboxylic acids is 1. The molecule has 0 aromatic rings. The molecule has 0 aromatic heterocycles. The van der Waals surface area contributed by atoms with Gasteiger partial charge in [-0.3, -0.25) is 0 Å². The second-order valence-electron chi connectivity index (χ2n) is 3.92. The molecule has 0 aliphatic carbocycles. The number of carbonyl (C=O) groups is 1. The van der Waals surface area contributed by atoms with Crippen molar-refractivity contribution in [3.05, 3.63) is 0 Å². The molecule has 0 aromatic carbocycles. The van der Waals surface area contributed by atoms with E-state index in [0.29, 0.717) is 13.0 Å². The predicted molar refractivity (Wildman–Crippen MR) is 50.2 cm³/mol. The van der Waals surface area contributed by atoms with Gasteiger partial charge in [-0.05, 0) is 11.8 Å². The molecular weight excluding hydrogens is 152 g/mol. The lowest BCUT2D eigenvalue weighted by atomic mass is 9.89. The quantitative estimate of drug-likeness (QED) is 0.435. The molecule has 0 rings (SSSR count). The predicted octanol–water partition coefficient (Wildman–Crippen LogP) is 2.42. The Labute approximate surface area is 75.3 Å². The number of aldehydes is 1. The molecular formula is C10H20O2. The van der Waals surface area contributed by atoms with Gasteiger partial charge in [0, 0.05) is 6.42 Å². The van der Waals surface area contributed by atoms with E-state index in [0.717, 1.165) is 12.9 Å². The SMILES string of the molecule is CCCC(C)(C)COCCC=O. The molecule has 0 saturated carbocycles. The minimum Gasteiger partial charge on any atom is -0.380 e. The molecule has 0 aliphatic heterocycles. The Morgan fingerprint density at radius 3 is 2.58 bits per heavy atom. The number of hydrogen-bond acceptors (Lipinski definition) is 2. The summed E-state index contributed by atoms with van der Waals surface area (Å²) in [5.74, 6) is 0. The zero-order valence-electron chi connectivity index (χ0n) is 8.43. The minimum atomic E-state index is 0.262. The molecule has 0 spiro atoms. The summed E-state index contributed by atoms with van der Waals surface area (Å²) in [6, 6.07) is 0. The molecule has 72 valence electrons. The summed E-state index contributed by atoms with van der Waals surface area (Å²) in [4.78, 5) is 9.98. The van der Waals surface area contributed by atoms with Gasteiger partial charge in [0.05, 0.1) is 13.2 Å². The van der Waals surface area contributed by atoms with Crippen molar-refractivity contribution in [2.45, 2.75) is 40.0 Å². The van der Waals surface area contributed by atoms with Crippen molar-refractivity contribution in [3.63, 3.8) is 0 Å². The summed E-state index contributed by atoms with van der Waals surface area (Å²) in [6.45, 7) is 7.88. The fraction of sp³-hybridized carbons (Fsp3) is 0.900. The van der Waals surface area contributed by atoms with Gasteiger partial charge in [-0.1, -0.05) is 27.2 Å². The first kappa shape index (κ1) is 11.6. The van der Waals surface area contributed by atoms with Crippen LogP contribution in [-0.4, -0.2) is 19.5 Å². The summed E-state index contributed by atoms with van der Waals surface area (Å²) < 4.78 is 5.36. The van der Waals surface area contributed by atoms with Crippen LogP contribution in [0.1, 0.15) is 40.0 Å². The number of hydrogen-bond donors (Lipinski definition) is 0. The fourth-order valence-corrected chi connectivity index (χ4v) is 1.23. The monoisotopic (exact) mass is 172 g/mol. The molecule has 0 saturated heterocycles. The second kappa shape index (κ2) is 6.18. The smallest absolute Gasteiger partial charge is 0.122 e. The van der Waals surface area contributed by atoms with Crippen LogP contribution >= 0.6 is 0 Å². The minimum absolute atomic E-state index is 0.262. The molecule has 0 aliphatic rings. The van der Waals surface area contributed by atoms with E-state index in [1.165, 1.54) is 12.8 Å². The van der Waals surface area contributed by atoms with Crippen LogP contribution in [0, 0.1) is 5.41 Å². The largest absolute Gasteiger partial charge is 0.380 e. The van der Waals surface area contributed by atoms with Crippen molar-refractivity contribution in [3.8, 4) is 0 Å². The lowest BCUT2D eigenvalue weighted by molar-refractivity contribution is -0.109. The average Bonchev–Trinajstić information content (AvgIpc) is 1.98. The van der Waals surface area contributed by atoms with Gasteiger partial charge in [0.25, 0.3) is 0 Å². The van der Waals surface area contributed by atoms with Crippen molar-refractivity contribution in [1.29, 1.82) is 0 Å². The summed E-state index contributed by atoms with van der Waals surface area (Å²) >= 11 is 0. The van der Waals surface area contributed by atoms with E-state index in [4.69, 9.17) is 4.74 Å². The first-order valence-electron chi connectivity index (χ1n) is 4.64. The van der Waals surface area contributed by atoms with E-state index in [1.54, 1.807) is 0 Å². The Morgan fingerprint density at radius 2 is 2.08 bits per heavy atom. The van der Waals surface area contributed by atoms with E-state index in [9.17, 15) is 4.79 Å². The van der Waals surface area contributed by atoms with E-state index in [1.807, 2.05) is 0 Å². The molecule has 0 N–H and O–H groups in total. The van der Waals surface area contributed by atoms with E-state index in [2.05, 4.69) is 20.8 Å². The van der Waals surface area contributed by atoms with Crippen molar-refractivity contribution in [2.75, 3.05) is 13.2 Å². The Kier molecular flexibility index (Phi) is 5.99. The van der Waals surface area contributed by atoms with Crippen LogP contribution in [0.15, 0.2) is 0 Å². The molecule has 0 amide bonds. The van der Waals surface area contributed by atoms with Crippen LogP contribution in [0.25, 0.3) is 0 Å². The van der Waals surface area contributed by atoms with Gasteiger partial charge in [0.15, 0.2) is 0 Å². The molecule has 0 fully saturated rings. The van der Waals surface area contributed by atoms with Crippen molar-refractivity contribution in [1.82, 2.24) is 0 Å². The Morgan fingerprint density at radius 1 is 1.42 bits per heavy atom. The van der Waals surface area contributed by atoms with Crippen molar-refractivity contribution < 1.29 is 9.53 Å². The zero-order chi connectivity index (χ0) is 9.45. The van der Waals surface area contributed by atoms with Crippen molar-refractivity contribution in [2.24, 2.45) is 5.41 Å². The van der Waals surface area contributed by atoms with Crippen LogP contribution in [0.2, 0.25) is 0 Å². The van der Waals surface area contributed by atoms with Crippen molar-refractivity contribution >= 4 is 6.29 Å².